The highest BCUT2D eigenvalue weighted by atomic mass is 16.5. The third kappa shape index (κ3) is 10.2. The Hall–Kier alpha value is -2.71. The number of hydrogen-bond acceptors (Lipinski definition) is 6. The number of carbonyl (C=O) groups excluding carboxylic acids is 3. The van der Waals surface area contributed by atoms with Crippen LogP contribution in [-0.2, 0) is 30.3 Å². The number of cyclic esters (lactones) is 1. The molecule has 0 radical (unpaired) electrons. The standard InChI is InChI=1S/C23H32N2O6/c26-12-14-30-13-11-24-21(27)16-19-9-5-2-6-10-22(28)31-17-20(25-23(19)29)15-18-7-3-1-4-8-18/h1-5,7-8,19-20,26H,6,9-17H2,(H,24,27)(H,25,29)/t19-,20+/m1/s1. The normalized spacial score (nSPS) is 20.2. The number of esters is 1. The average molecular weight is 433 g/mol. The van der Waals surface area contributed by atoms with Gasteiger partial charge in [0.05, 0.1) is 31.8 Å². The van der Waals surface area contributed by atoms with Gasteiger partial charge < -0.3 is 25.2 Å². The van der Waals surface area contributed by atoms with Crippen molar-refractivity contribution in [2.75, 3.05) is 33.0 Å². The number of nitrogens with one attached hydrogen (secondary N) is 2. The van der Waals surface area contributed by atoms with E-state index in [9.17, 15) is 14.4 Å². The van der Waals surface area contributed by atoms with Gasteiger partial charge in [-0.15, -0.1) is 0 Å². The van der Waals surface area contributed by atoms with Gasteiger partial charge in [-0.2, -0.15) is 0 Å². The molecule has 31 heavy (non-hydrogen) atoms. The van der Waals surface area contributed by atoms with Gasteiger partial charge in [-0.25, -0.2) is 0 Å². The van der Waals surface area contributed by atoms with Crippen molar-refractivity contribution in [3.05, 3.63) is 48.0 Å². The summed E-state index contributed by atoms with van der Waals surface area (Å²) < 4.78 is 10.5. The molecule has 0 aromatic heterocycles. The molecule has 1 heterocycles. The van der Waals surface area contributed by atoms with Gasteiger partial charge in [-0.3, -0.25) is 14.4 Å². The van der Waals surface area contributed by atoms with E-state index in [1.807, 2.05) is 42.5 Å². The number of amides is 2. The molecule has 2 amide bonds. The summed E-state index contributed by atoms with van der Waals surface area (Å²) in [5, 5.41) is 14.4. The van der Waals surface area contributed by atoms with Crippen LogP contribution in [0.5, 0.6) is 0 Å². The molecule has 2 rings (SSSR count). The molecular weight excluding hydrogens is 400 g/mol. The lowest BCUT2D eigenvalue weighted by atomic mass is 9.97. The summed E-state index contributed by atoms with van der Waals surface area (Å²) in [5.74, 6) is -1.30. The minimum atomic E-state index is -0.525. The van der Waals surface area contributed by atoms with Crippen LogP contribution in [0.3, 0.4) is 0 Å². The number of carbonyl (C=O) groups is 3. The molecular formula is C23H32N2O6. The molecule has 3 N–H and O–H groups in total. The molecule has 8 nitrogen and oxygen atoms in total. The highest BCUT2D eigenvalue weighted by molar-refractivity contribution is 5.86. The Bertz CT molecular complexity index is 722. The maximum Gasteiger partial charge on any atom is 0.306 e. The quantitative estimate of drug-likeness (QED) is 0.306. The summed E-state index contributed by atoms with van der Waals surface area (Å²) in [6.07, 6.45) is 5.47. The van der Waals surface area contributed by atoms with Gasteiger partial charge in [0.25, 0.3) is 0 Å². The van der Waals surface area contributed by atoms with Crippen LogP contribution in [0, 0.1) is 5.92 Å². The smallest absolute Gasteiger partial charge is 0.306 e. The third-order valence-electron chi connectivity index (χ3n) is 4.83. The predicted molar refractivity (Wildman–Crippen MR) is 115 cm³/mol. The summed E-state index contributed by atoms with van der Waals surface area (Å²) in [5.41, 5.74) is 1.02. The van der Waals surface area contributed by atoms with Gasteiger partial charge >= 0.3 is 5.97 Å². The minimum Gasteiger partial charge on any atom is -0.463 e. The van der Waals surface area contributed by atoms with Crippen LogP contribution in [0.15, 0.2) is 42.5 Å². The van der Waals surface area contributed by atoms with Gasteiger partial charge in [0.15, 0.2) is 0 Å². The van der Waals surface area contributed by atoms with Crippen LogP contribution < -0.4 is 10.6 Å². The molecule has 0 aliphatic carbocycles. The van der Waals surface area contributed by atoms with E-state index in [0.29, 0.717) is 32.4 Å². The van der Waals surface area contributed by atoms with Crippen LogP contribution in [-0.4, -0.2) is 61.9 Å². The molecule has 1 aromatic rings. The van der Waals surface area contributed by atoms with Crippen LogP contribution >= 0.6 is 0 Å². The molecule has 170 valence electrons. The van der Waals surface area contributed by atoms with E-state index >= 15 is 0 Å². The zero-order valence-electron chi connectivity index (χ0n) is 17.8. The molecule has 0 unspecified atom stereocenters. The fourth-order valence-corrected chi connectivity index (χ4v) is 3.22. The average Bonchev–Trinajstić information content (AvgIpc) is 2.76. The summed E-state index contributed by atoms with van der Waals surface area (Å²) in [4.78, 5) is 37.1. The van der Waals surface area contributed by atoms with Crippen molar-refractivity contribution in [2.45, 2.75) is 38.1 Å². The van der Waals surface area contributed by atoms with Crippen molar-refractivity contribution in [3.8, 4) is 0 Å². The SMILES string of the molecule is O=C(C[C@H]1CC=CCCC(=O)OC[C@H](Cc2ccccc2)NC1=O)NCCOCCO. The zero-order chi connectivity index (χ0) is 22.3. The van der Waals surface area contributed by atoms with E-state index in [1.54, 1.807) is 0 Å². The first-order chi connectivity index (χ1) is 15.1. The third-order valence-corrected chi connectivity index (χ3v) is 4.83. The van der Waals surface area contributed by atoms with Crippen LogP contribution in [0.1, 0.15) is 31.2 Å². The van der Waals surface area contributed by atoms with E-state index in [4.69, 9.17) is 14.6 Å². The first-order valence-electron chi connectivity index (χ1n) is 10.7. The maximum absolute atomic E-state index is 12.9. The Morgan fingerprint density at radius 2 is 2.00 bits per heavy atom. The monoisotopic (exact) mass is 432 g/mol. The Balaban J connectivity index is 1.99. The Morgan fingerprint density at radius 1 is 1.19 bits per heavy atom. The van der Waals surface area contributed by atoms with Gasteiger partial charge in [-0.1, -0.05) is 42.5 Å². The highest BCUT2D eigenvalue weighted by Crippen LogP contribution is 2.14. The summed E-state index contributed by atoms with van der Waals surface area (Å²) in [6, 6.07) is 9.29. The van der Waals surface area contributed by atoms with E-state index in [2.05, 4.69) is 10.6 Å². The Kier molecular flexibility index (Phi) is 11.3. The van der Waals surface area contributed by atoms with Crippen LogP contribution in [0.4, 0.5) is 0 Å². The van der Waals surface area contributed by atoms with Gasteiger partial charge in [0.1, 0.15) is 6.61 Å². The fraction of sp³-hybridized carbons (Fsp3) is 0.522. The number of aliphatic hydroxyl groups is 1. The maximum atomic E-state index is 12.9. The predicted octanol–water partition coefficient (Wildman–Crippen LogP) is 1.13. The summed E-state index contributed by atoms with van der Waals surface area (Å²) >= 11 is 0. The minimum absolute atomic E-state index is 0.0496. The zero-order valence-corrected chi connectivity index (χ0v) is 17.8. The molecule has 1 aliphatic heterocycles. The molecule has 8 heteroatoms. The second-order valence-electron chi connectivity index (χ2n) is 7.41. The molecule has 0 saturated carbocycles. The Morgan fingerprint density at radius 3 is 2.77 bits per heavy atom. The first-order valence-corrected chi connectivity index (χ1v) is 10.7. The number of ether oxygens (including phenoxy) is 2. The molecule has 0 fully saturated rings. The number of benzene rings is 1. The first kappa shape index (κ1) is 24.6. The highest BCUT2D eigenvalue weighted by Gasteiger charge is 2.24. The lowest BCUT2D eigenvalue weighted by Gasteiger charge is -2.23. The Labute approximate surface area is 183 Å². The summed E-state index contributed by atoms with van der Waals surface area (Å²) in [7, 11) is 0. The van der Waals surface area contributed by atoms with Crippen molar-refractivity contribution in [1.29, 1.82) is 0 Å². The topological polar surface area (TPSA) is 114 Å². The molecule has 1 aliphatic rings. The number of rotatable bonds is 9. The molecule has 0 bridgehead atoms. The van der Waals surface area contributed by atoms with Crippen LogP contribution in [0.25, 0.3) is 0 Å². The molecule has 0 spiro atoms. The number of aliphatic hydroxyl groups excluding tert-OH is 1. The van der Waals surface area contributed by atoms with E-state index < -0.39 is 5.92 Å². The van der Waals surface area contributed by atoms with Crippen molar-refractivity contribution in [1.82, 2.24) is 10.6 Å². The second kappa shape index (κ2) is 14.3. The fourth-order valence-electron chi connectivity index (χ4n) is 3.22. The number of hydrogen-bond donors (Lipinski definition) is 3. The van der Waals surface area contributed by atoms with Gasteiger partial charge in [-0.05, 0) is 24.8 Å². The largest absolute Gasteiger partial charge is 0.463 e. The van der Waals surface area contributed by atoms with Gasteiger partial charge in [0.2, 0.25) is 11.8 Å². The van der Waals surface area contributed by atoms with E-state index in [-0.39, 0.29) is 56.5 Å². The van der Waals surface area contributed by atoms with Crippen molar-refractivity contribution < 1.29 is 29.0 Å². The van der Waals surface area contributed by atoms with Crippen molar-refractivity contribution in [3.63, 3.8) is 0 Å². The van der Waals surface area contributed by atoms with E-state index in [0.717, 1.165) is 5.56 Å². The van der Waals surface area contributed by atoms with Crippen molar-refractivity contribution in [2.24, 2.45) is 5.92 Å². The molecule has 1 aromatic carbocycles. The van der Waals surface area contributed by atoms with E-state index in [1.165, 1.54) is 0 Å². The lowest BCUT2D eigenvalue weighted by Crippen LogP contribution is -2.44. The van der Waals surface area contributed by atoms with Crippen molar-refractivity contribution >= 4 is 17.8 Å². The lowest BCUT2D eigenvalue weighted by molar-refractivity contribution is -0.145. The molecule has 0 saturated heterocycles. The van der Waals surface area contributed by atoms with Crippen LogP contribution in [0.2, 0.25) is 0 Å². The van der Waals surface area contributed by atoms with Gasteiger partial charge in [0, 0.05) is 19.4 Å². The second-order valence-corrected chi connectivity index (χ2v) is 7.41. The molecule has 2 atom stereocenters. The summed E-state index contributed by atoms with van der Waals surface area (Å²) in [6.45, 7) is 0.856. The number of allylic oxidation sites excluding steroid dienone is 2.